The third kappa shape index (κ3) is 3.19. The second-order valence-corrected chi connectivity index (χ2v) is 7.56. The van der Waals surface area contributed by atoms with Gasteiger partial charge in [-0.2, -0.15) is 0 Å². The van der Waals surface area contributed by atoms with Crippen LogP contribution < -0.4 is 5.32 Å². The molecule has 1 saturated carbocycles. The van der Waals surface area contributed by atoms with E-state index in [-0.39, 0.29) is 16.8 Å². The molecule has 1 aliphatic carbocycles. The van der Waals surface area contributed by atoms with Crippen molar-refractivity contribution in [2.45, 2.75) is 30.7 Å². The van der Waals surface area contributed by atoms with Crippen molar-refractivity contribution in [1.29, 1.82) is 0 Å². The van der Waals surface area contributed by atoms with Crippen LogP contribution in [0, 0.1) is 5.92 Å². The SMILES string of the molecule is C[C@@H](NC(=O)c1ccc(S(=O)(=O)N(C)C)cc1)C1CC1. The van der Waals surface area contributed by atoms with Gasteiger partial charge in [0.25, 0.3) is 5.91 Å². The maximum Gasteiger partial charge on any atom is 0.251 e. The van der Waals surface area contributed by atoms with Gasteiger partial charge in [0.05, 0.1) is 4.90 Å². The second-order valence-electron chi connectivity index (χ2n) is 5.41. The minimum absolute atomic E-state index is 0.154. The first-order valence-electron chi connectivity index (χ1n) is 6.66. The molecule has 0 spiro atoms. The van der Waals surface area contributed by atoms with Crippen LogP contribution in [0.3, 0.4) is 0 Å². The highest BCUT2D eigenvalue weighted by Crippen LogP contribution is 2.32. The third-order valence-electron chi connectivity index (χ3n) is 3.58. The van der Waals surface area contributed by atoms with Crippen molar-refractivity contribution in [2.24, 2.45) is 5.92 Å². The van der Waals surface area contributed by atoms with Gasteiger partial charge in [0, 0.05) is 25.7 Å². The van der Waals surface area contributed by atoms with E-state index < -0.39 is 10.0 Å². The Morgan fingerprint density at radius 3 is 2.25 bits per heavy atom. The summed E-state index contributed by atoms with van der Waals surface area (Å²) >= 11 is 0. The van der Waals surface area contributed by atoms with Crippen molar-refractivity contribution in [3.63, 3.8) is 0 Å². The fourth-order valence-electron chi connectivity index (χ4n) is 1.99. The number of sulfonamides is 1. The molecule has 0 heterocycles. The van der Waals surface area contributed by atoms with Gasteiger partial charge in [0.2, 0.25) is 10.0 Å². The highest BCUT2D eigenvalue weighted by molar-refractivity contribution is 7.89. The van der Waals surface area contributed by atoms with Crippen LogP contribution >= 0.6 is 0 Å². The highest BCUT2D eigenvalue weighted by Gasteiger charge is 2.29. The number of benzene rings is 1. The van der Waals surface area contributed by atoms with Gasteiger partial charge in [-0.25, -0.2) is 12.7 Å². The number of hydrogen-bond acceptors (Lipinski definition) is 3. The van der Waals surface area contributed by atoms with E-state index in [0.29, 0.717) is 11.5 Å². The van der Waals surface area contributed by atoms with E-state index in [2.05, 4.69) is 5.32 Å². The molecule has 110 valence electrons. The van der Waals surface area contributed by atoms with Crippen molar-refractivity contribution in [1.82, 2.24) is 9.62 Å². The van der Waals surface area contributed by atoms with E-state index in [0.717, 1.165) is 4.31 Å². The van der Waals surface area contributed by atoms with Crippen LogP contribution in [0.25, 0.3) is 0 Å². The first-order chi connectivity index (χ1) is 9.32. The number of rotatable bonds is 5. The maximum atomic E-state index is 12.0. The fourth-order valence-corrected chi connectivity index (χ4v) is 2.89. The Balaban J connectivity index is 2.09. The van der Waals surface area contributed by atoms with E-state index in [4.69, 9.17) is 0 Å². The molecular formula is C14H20N2O3S. The smallest absolute Gasteiger partial charge is 0.251 e. The van der Waals surface area contributed by atoms with Crippen LogP contribution in [-0.2, 0) is 10.0 Å². The van der Waals surface area contributed by atoms with Crippen LogP contribution in [-0.4, -0.2) is 38.8 Å². The molecule has 1 aromatic carbocycles. The maximum absolute atomic E-state index is 12.0. The first-order valence-corrected chi connectivity index (χ1v) is 8.10. The van der Waals surface area contributed by atoms with Crippen molar-refractivity contribution >= 4 is 15.9 Å². The van der Waals surface area contributed by atoms with Crippen LogP contribution in [0.5, 0.6) is 0 Å². The van der Waals surface area contributed by atoms with Gasteiger partial charge >= 0.3 is 0 Å². The summed E-state index contributed by atoms with van der Waals surface area (Å²) < 4.78 is 25.0. The molecule has 1 atom stereocenters. The first kappa shape index (κ1) is 15.0. The summed E-state index contributed by atoms with van der Waals surface area (Å²) in [5.74, 6) is 0.436. The Hall–Kier alpha value is -1.40. The van der Waals surface area contributed by atoms with Gasteiger partial charge in [-0.15, -0.1) is 0 Å². The standard InChI is InChI=1S/C14H20N2O3S/c1-10(11-4-5-11)15-14(17)12-6-8-13(9-7-12)20(18,19)16(2)3/h6-11H,4-5H2,1-3H3,(H,15,17)/t10-/m1/s1. The molecule has 0 unspecified atom stereocenters. The predicted molar refractivity (Wildman–Crippen MR) is 77.0 cm³/mol. The minimum Gasteiger partial charge on any atom is -0.349 e. The lowest BCUT2D eigenvalue weighted by atomic mass is 10.1. The van der Waals surface area contributed by atoms with Gasteiger partial charge in [-0.1, -0.05) is 0 Å². The summed E-state index contributed by atoms with van der Waals surface area (Å²) in [6.45, 7) is 2.00. The quantitative estimate of drug-likeness (QED) is 0.894. The molecule has 1 aliphatic rings. The minimum atomic E-state index is -3.44. The average molecular weight is 296 g/mol. The predicted octanol–water partition coefficient (Wildman–Crippen LogP) is 1.47. The van der Waals surface area contributed by atoms with Gasteiger partial charge in [0.15, 0.2) is 0 Å². The molecule has 6 heteroatoms. The fraction of sp³-hybridized carbons (Fsp3) is 0.500. The molecule has 1 amide bonds. The van der Waals surface area contributed by atoms with E-state index in [1.807, 2.05) is 6.92 Å². The summed E-state index contributed by atoms with van der Waals surface area (Å²) in [5, 5.41) is 2.94. The van der Waals surface area contributed by atoms with E-state index >= 15 is 0 Å². The molecule has 1 fully saturated rings. The Morgan fingerprint density at radius 1 is 1.25 bits per heavy atom. The van der Waals surface area contributed by atoms with Gasteiger partial charge in [-0.05, 0) is 49.9 Å². The van der Waals surface area contributed by atoms with Crippen molar-refractivity contribution in [3.05, 3.63) is 29.8 Å². The monoisotopic (exact) mass is 296 g/mol. The number of hydrogen-bond donors (Lipinski definition) is 1. The molecule has 2 rings (SSSR count). The zero-order chi connectivity index (χ0) is 14.9. The number of nitrogens with one attached hydrogen (secondary N) is 1. The Bertz CT molecular complexity index is 589. The summed E-state index contributed by atoms with van der Waals surface area (Å²) in [6, 6.07) is 6.20. The second kappa shape index (κ2) is 5.54. The zero-order valence-corrected chi connectivity index (χ0v) is 12.8. The van der Waals surface area contributed by atoms with Gasteiger partial charge in [0.1, 0.15) is 0 Å². The summed E-state index contributed by atoms with van der Waals surface area (Å²) in [6.07, 6.45) is 2.34. The molecule has 0 aromatic heterocycles. The summed E-state index contributed by atoms with van der Waals surface area (Å²) in [5.41, 5.74) is 0.482. The zero-order valence-electron chi connectivity index (χ0n) is 12.0. The Labute approximate surface area is 120 Å². The molecule has 0 bridgehead atoms. The lowest BCUT2D eigenvalue weighted by Crippen LogP contribution is -2.34. The van der Waals surface area contributed by atoms with Crippen LogP contribution in [0.1, 0.15) is 30.1 Å². The van der Waals surface area contributed by atoms with Gasteiger partial charge < -0.3 is 5.32 Å². The molecule has 1 N–H and O–H groups in total. The summed E-state index contributed by atoms with van der Waals surface area (Å²) in [7, 11) is -0.485. The molecule has 0 radical (unpaired) electrons. The lowest BCUT2D eigenvalue weighted by Gasteiger charge is -2.14. The average Bonchev–Trinajstić information content (AvgIpc) is 3.22. The molecule has 20 heavy (non-hydrogen) atoms. The number of amides is 1. The highest BCUT2D eigenvalue weighted by atomic mass is 32.2. The molecule has 1 aromatic rings. The van der Waals surface area contributed by atoms with Crippen LogP contribution in [0.2, 0.25) is 0 Å². The third-order valence-corrected chi connectivity index (χ3v) is 5.41. The number of nitrogens with zero attached hydrogens (tertiary/aromatic N) is 1. The molecular weight excluding hydrogens is 276 g/mol. The Kier molecular flexibility index (Phi) is 4.15. The van der Waals surface area contributed by atoms with Crippen molar-refractivity contribution in [3.8, 4) is 0 Å². The van der Waals surface area contributed by atoms with Crippen LogP contribution in [0.15, 0.2) is 29.2 Å². The number of carbonyl (C=O) groups excluding carboxylic acids is 1. The topological polar surface area (TPSA) is 66.5 Å². The molecule has 5 nitrogen and oxygen atoms in total. The van der Waals surface area contributed by atoms with E-state index in [9.17, 15) is 13.2 Å². The Morgan fingerprint density at radius 2 is 1.80 bits per heavy atom. The normalized spacial score (nSPS) is 17.0. The summed E-state index contributed by atoms with van der Waals surface area (Å²) in [4.78, 5) is 12.2. The van der Waals surface area contributed by atoms with Crippen molar-refractivity contribution < 1.29 is 13.2 Å². The number of carbonyl (C=O) groups is 1. The van der Waals surface area contributed by atoms with E-state index in [1.165, 1.54) is 39.1 Å². The lowest BCUT2D eigenvalue weighted by molar-refractivity contribution is 0.0935. The van der Waals surface area contributed by atoms with Gasteiger partial charge in [-0.3, -0.25) is 4.79 Å². The largest absolute Gasteiger partial charge is 0.349 e. The van der Waals surface area contributed by atoms with Crippen LogP contribution in [0.4, 0.5) is 0 Å². The molecule has 0 aliphatic heterocycles. The van der Waals surface area contributed by atoms with E-state index in [1.54, 1.807) is 12.1 Å². The molecule has 0 saturated heterocycles. The van der Waals surface area contributed by atoms with Crippen molar-refractivity contribution in [2.75, 3.05) is 14.1 Å².